The Labute approximate surface area is 106 Å². The van der Waals surface area contributed by atoms with Crippen molar-refractivity contribution in [2.75, 3.05) is 13.1 Å². The molecule has 0 N–H and O–H groups in total. The highest BCUT2D eigenvalue weighted by Gasteiger charge is 2.36. The van der Waals surface area contributed by atoms with E-state index < -0.39 is 0 Å². The number of carbonyl (C=O) groups is 1. The van der Waals surface area contributed by atoms with Crippen LogP contribution in [0.5, 0.6) is 0 Å². The van der Waals surface area contributed by atoms with E-state index in [0.29, 0.717) is 17.7 Å². The van der Waals surface area contributed by atoms with Gasteiger partial charge in [-0.05, 0) is 51.1 Å². The van der Waals surface area contributed by atoms with Gasteiger partial charge in [-0.15, -0.1) is 0 Å². The van der Waals surface area contributed by atoms with Crippen LogP contribution in [0.15, 0.2) is 0 Å². The molecule has 2 aliphatic rings. The van der Waals surface area contributed by atoms with Crippen molar-refractivity contribution in [2.45, 2.75) is 64.8 Å². The van der Waals surface area contributed by atoms with E-state index in [0.717, 1.165) is 25.2 Å². The Morgan fingerprint density at radius 2 is 2.06 bits per heavy atom. The quantitative estimate of drug-likeness (QED) is 0.748. The average molecular weight is 237 g/mol. The van der Waals surface area contributed by atoms with Crippen LogP contribution in [-0.4, -0.2) is 29.8 Å². The van der Waals surface area contributed by atoms with E-state index in [1.165, 1.54) is 38.8 Å². The van der Waals surface area contributed by atoms with Crippen molar-refractivity contribution in [1.29, 1.82) is 0 Å². The standard InChI is InChI=1S/C15H27NO/c1-12(2)9-11-16-10-4-3-7-14(16)13-6-5-8-15(13)17/h12-14H,3-11H2,1-2H3. The summed E-state index contributed by atoms with van der Waals surface area (Å²) in [5.74, 6) is 1.70. The number of rotatable bonds is 4. The number of ketones is 1. The number of Topliss-reactive ketones (excluding diaryl/α,β-unsaturated/α-hetero) is 1. The Bertz CT molecular complexity index is 262. The number of hydrogen-bond acceptors (Lipinski definition) is 2. The highest BCUT2D eigenvalue weighted by molar-refractivity contribution is 5.83. The molecule has 0 aromatic rings. The molecule has 0 aromatic carbocycles. The third-order valence-electron chi connectivity index (χ3n) is 4.47. The first kappa shape index (κ1) is 13.1. The van der Waals surface area contributed by atoms with Crippen LogP contribution < -0.4 is 0 Å². The summed E-state index contributed by atoms with van der Waals surface area (Å²) in [4.78, 5) is 14.6. The fourth-order valence-corrected chi connectivity index (χ4v) is 3.42. The van der Waals surface area contributed by atoms with Gasteiger partial charge in [0.25, 0.3) is 0 Å². The van der Waals surface area contributed by atoms with Crippen LogP contribution in [0.1, 0.15) is 58.8 Å². The normalized spacial score (nSPS) is 31.4. The second-order valence-electron chi connectivity index (χ2n) is 6.25. The van der Waals surface area contributed by atoms with Crippen LogP contribution >= 0.6 is 0 Å². The highest BCUT2D eigenvalue weighted by atomic mass is 16.1. The molecule has 1 aliphatic heterocycles. The van der Waals surface area contributed by atoms with Gasteiger partial charge < -0.3 is 0 Å². The molecule has 0 radical (unpaired) electrons. The lowest BCUT2D eigenvalue weighted by atomic mass is 9.88. The van der Waals surface area contributed by atoms with E-state index in [1.807, 2.05) is 0 Å². The summed E-state index contributed by atoms with van der Waals surface area (Å²) in [6.07, 6.45) is 8.33. The number of hydrogen-bond donors (Lipinski definition) is 0. The fraction of sp³-hybridized carbons (Fsp3) is 0.933. The molecule has 2 nitrogen and oxygen atoms in total. The van der Waals surface area contributed by atoms with Crippen molar-refractivity contribution < 1.29 is 4.79 Å². The summed E-state index contributed by atoms with van der Waals surface area (Å²) in [6.45, 7) is 7.01. The second kappa shape index (κ2) is 5.99. The third-order valence-corrected chi connectivity index (χ3v) is 4.47. The zero-order valence-electron chi connectivity index (χ0n) is 11.5. The maximum atomic E-state index is 11.9. The topological polar surface area (TPSA) is 20.3 Å². The van der Waals surface area contributed by atoms with Gasteiger partial charge in [-0.25, -0.2) is 0 Å². The van der Waals surface area contributed by atoms with Crippen LogP contribution in [-0.2, 0) is 4.79 Å². The highest BCUT2D eigenvalue weighted by Crippen LogP contribution is 2.32. The maximum Gasteiger partial charge on any atom is 0.137 e. The zero-order chi connectivity index (χ0) is 12.3. The molecule has 2 atom stereocenters. The van der Waals surface area contributed by atoms with Crippen LogP contribution in [0.25, 0.3) is 0 Å². The summed E-state index contributed by atoms with van der Waals surface area (Å²) in [5.41, 5.74) is 0. The zero-order valence-corrected chi connectivity index (χ0v) is 11.5. The molecule has 1 heterocycles. The van der Waals surface area contributed by atoms with Crippen molar-refractivity contribution in [3.05, 3.63) is 0 Å². The van der Waals surface area contributed by atoms with Crippen LogP contribution in [0, 0.1) is 11.8 Å². The van der Waals surface area contributed by atoms with E-state index in [1.54, 1.807) is 0 Å². The van der Waals surface area contributed by atoms with Crippen LogP contribution in [0.3, 0.4) is 0 Å². The number of likely N-dealkylation sites (tertiary alicyclic amines) is 1. The van der Waals surface area contributed by atoms with E-state index in [-0.39, 0.29) is 0 Å². The molecule has 2 unspecified atom stereocenters. The lowest BCUT2D eigenvalue weighted by molar-refractivity contribution is -0.123. The minimum atomic E-state index is 0.377. The molecule has 0 amide bonds. The molecule has 2 fully saturated rings. The predicted octanol–water partition coefficient (Wildman–Crippen LogP) is 3.26. The number of carbonyl (C=O) groups excluding carboxylic acids is 1. The van der Waals surface area contributed by atoms with Gasteiger partial charge in [-0.2, -0.15) is 0 Å². The molecule has 0 aromatic heterocycles. The van der Waals surface area contributed by atoms with E-state index in [4.69, 9.17) is 0 Å². The molecule has 1 saturated heterocycles. The molecule has 17 heavy (non-hydrogen) atoms. The summed E-state index contributed by atoms with van der Waals surface area (Å²) in [6, 6.07) is 0.581. The van der Waals surface area contributed by atoms with Crippen molar-refractivity contribution >= 4 is 5.78 Å². The predicted molar refractivity (Wildman–Crippen MR) is 71.0 cm³/mol. The Kier molecular flexibility index (Phi) is 4.61. The molecule has 1 saturated carbocycles. The third kappa shape index (κ3) is 3.31. The molecular formula is C15H27NO. The van der Waals surface area contributed by atoms with Crippen molar-refractivity contribution in [1.82, 2.24) is 4.90 Å². The summed E-state index contributed by atoms with van der Waals surface area (Å²) < 4.78 is 0. The fourth-order valence-electron chi connectivity index (χ4n) is 3.42. The molecule has 2 rings (SSSR count). The van der Waals surface area contributed by atoms with Crippen LogP contribution in [0.2, 0.25) is 0 Å². The second-order valence-corrected chi connectivity index (χ2v) is 6.25. The molecule has 2 heteroatoms. The lowest BCUT2D eigenvalue weighted by Crippen LogP contribution is -2.46. The Hall–Kier alpha value is -0.370. The van der Waals surface area contributed by atoms with Gasteiger partial charge in [0, 0.05) is 18.4 Å². The van der Waals surface area contributed by atoms with E-state index >= 15 is 0 Å². The maximum absolute atomic E-state index is 11.9. The lowest BCUT2D eigenvalue weighted by Gasteiger charge is -2.39. The molecule has 0 spiro atoms. The van der Waals surface area contributed by atoms with Gasteiger partial charge in [-0.1, -0.05) is 20.3 Å². The van der Waals surface area contributed by atoms with Crippen molar-refractivity contribution in [3.8, 4) is 0 Å². The van der Waals surface area contributed by atoms with Gasteiger partial charge in [0.05, 0.1) is 0 Å². The van der Waals surface area contributed by atoms with Gasteiger partial charge in [0.15, 0.2) is 0 Å². The smallest absolute Gasteiger partial charge is 0.137 e. The van der Waals surface area contributed by atoms with E-state index in [9.17, 15) is 4.79 Å². The SMILES string of the molecule is CC(C)CCN1CCCCC1C1CCCC1=O. The summed E-state index contributed by atoms with van der Waals surface area (Å²) >= 11 is 0. The van der Waals surface area contributed by atoms with Crippen LogP contribution in [0.4, 0.5) is 0 Å². The van der Waals surface area contributed by atoms with Gasteiger partial charge in [-0.3, -0.25) is 9.69 Å². The van der Waals surface area contributed by atoms with E-state index in [2.05, 4.69) is 18.7 Å². The average Bonchev–Trinajstić information content (AvgIpc) is 2.73. The molecule has 98 valence electrons. The van der Waals surface area contributed by atoms with Gasteiger partial charge in [0.1, 0.15) is 5.78 Å². The van der Waals surface area contributed by atoms with Crippen molar-refractivity contribution in [2.24, 2.45) is 11.8 Å². The summed E-state index contributed by atoms with van der Waals surface area (Å²) in [5, 5.41) is 0. The minimum Gasteiger partial charge on any atom is -0.300 e. The number of nitrogens with zero attached hydrogens (tertiary/aromatic N) is 1. The Morgan fingerprint density at radius 3 is 2.71 bits per heavy atom. The minimum absolute atomic E-state index is 0.377. The molecule has 1 aliphatic carbocycles. The largest absolute Gasteiger partial charge is 0.300 e. The Balaban J connectivity index is 1.94. The van der Waals surface area contributed by atoms with Gasteiger partial charge in [0.2, 0.25) is 0 Å². The number of piperidine rings is 1. The van der Waals surface area contributed by atoms with Crippen molar-refractivity contribution in [3.63, 3.8) is 0 Å². The summed E-state index contributed by atoms with van der Waals surface area (Å²) in [7, 11) is 0. The first-order valence-electron chi connectivity index (χ1n) is 7.45. The first-order valence-corrected chi connectivity index (χ1v) is 7.45. The molecular weight excluding hydrogens is 210 g/mol. The molecule has 0 bridgehead atoms. The van der Waals surface area contributed by atoms with Gasteiger partial charge >= 0.3 is 0 Å². The first-order chi connectivity index (χ1) is 8.18. The Morgan fingerprint density at radius 1 is 1.24 bits per heavy atom. The monoisotopic (exact) mass is 237 g/mol.